The van der Waals surface area contributed by atoms with Crippen LogP contribution in [0.3, 0.4) is 0 Å². The van der Waals surface area contributed by atoms with E-state index in [1.165, 1.54) is 16.7 Å². The first-order chi connectivity index (χ1) is 16.4. The van der Waals surface area contributed by atoms with Gasteiger partial charge in [-0.1, -0.05) is 53.0 Å². The maximum absolute atomic E-state index is 13.2. The first-order valence-electron chi connectivity index (χ1n) is 11.7. The summed E-state index contributed by atoms with van der Waals surface area (Å²) in [6, 6.07) is 21.7. The number of hydrogen-bond acceptors (Lipinski definition) is 3. The van der Waals surface area contributed by atoms with Crippen LogP contribution in [-0.2, 0) is 16.8 Å². The van der Waals surface area contributed by atoms with E-state index in [1.54, 1.807) is 24.3 Å². The average molecular weight is 495 g/mol. The number of benzene rings is 3. The molecule has 0 bridgehead atoms. The van der Waals surface area contributed by atoms with E-state index in [1.807, 2.05) is 23.1 Å². The van der Waals surface area contributed by atoms with Crippen LogP contribution in [0.25, 0.3) is 0 Å². The predicted octanol–water partition coefficient (Wildman–Crippen LogP) is 6.26. The van der Waals surface area contributed by atoms with Crippen molar-refractivity contribution in [2.75, 3.05) is 31.1 Å². The van der Waals surface area contributed by atoms with E-state index in [2.05, 4.69) is 36.1 Å². The molecule has 0 aromatic heterocycles. The molecule has 0 radical (unpaired) electrons. The minimum atomic E-state index is -0.0155. The van der Waals surface area contributed by atoms with Crippen molar-refractivity contribution in [1.29, 1.82) is 0 Å². The summed E-state index contributed by atoms with van der Waals surface area (Å²) in [6.07, 6.45) is 2.04. The molecule has 176 valence electrons. The van der Waals surface area contributed by atoms with Crippen LogP contribution in [0.15, 0.2) is 66.7 Å². The van der Waals surface area contributed by atoms with Crippen LogP contribution < -0.4 is 9.64 Å². The van der Waals surface area contributed by atoms with Gasteiger partial charge in [-0.2, -0.15) is 0 Å². The minimum absolute atomic E-state index is 0.00587. The molecule has 0 unspecified atom stereocenters. The molecule has 6 heteroatoms. The molecule has 1 fully saturated rings. The molecule has 1 spiro atoms. The zero-order valence-electron chi connectivity index (χ0n) is 19.3. The number of piperidine rings is 1. The zero-order valence-corrected chi connectivity index (χ0v) is 20.8. The van der Waals surface area contributed by atoms with Gasteiger partial charge in [-0.25, -0.2) is 0 Å². The molecular formula is C28H28Cl2N2O2. The molecule has 4 nitrogen and oxygen atoms in total. The van der Waals surface area contributed by atoms with Gasteiger partial charge in [0.25, 0.3) is 5.91 Å². The molecule has 5 rings (SSSR count). The van der Waals surface area contributed by atoms with Crippen molar-refractivity contribution < 1.29 is 9.53 Å². The van der Waals surface area contributed by atoms with Crippen molar-refractivity contribution in [2.45, 2.75) is 31.7 Å². The monoisotopic (exact) mass is 494 g/mol. The summed E-state index contributed by atoms with van der Waals surface area (Å²) in [5, 5.41) is 1.42. The molecule has 1 amide bonds. The van der Waals surface area contributed by atoms with Crippen LogP contribution in [0.5, 0.6) is 5.75 Å². The average Bonchev–Trinajstić information content (AvgIpc) is 3.13. The first kappa shape index (κ1) is 23.2. The Bertz CT molecular complexity index is 1190. The van der Waals surface area contributed by atoms with Crippen LogP contribution in [0.1, 0.15) is 29.5 Å². The molecule has 1 saturated heterocycles. The quantitative estimate of drug-likeness (QED) is 0.419. The van der Waals surface area contributed by atoms with E-state index in [-0.39, 0.29) is 17.9 Å². The number of halogens is 2. The molecule has 0 aliphatic carbocycles. The van der Waals surface area contributed by atoms with Crippen molar-refractivity contribution in [3.05, 3.63) is 93.5 Å². The smallest absolute Gasteiger partial charge is 0.264 e. The molecule has 2 aliphatic rings. The van der Waals surface area contributed by atoms with Crippen molar-refractivity contribution in [1.82, 2.24) is 4.90 Å². The van der Waals surface area contributed by atoms with Gasteiger partial charge in [-0.05, 0) is 86.4 Å². The normalized spacial score (nSPS) is 17.1. The van der Waals surface area contributed by atoms with Crippen molar-refractivity contribution in [3.8, 4) is 5.75 Å². The summed E-state index contributed by atoms with van der Waals surface area (Å²) in [7, 11) is 0. The Labute approximate surface area is 211 Å². The summed E-state index contributed by atoms with van der Waals surface area (Å²) < 4.78 is 5.77. The summed E-state index contributed by atoms with van der Waals surface area (Å²) in [5.41, 5.74) is 4.78. The van der Waals surface area contributed by atoms with E-state index < -0.39 is 0 Å². The molecule has 0 saturated carbocycles. The van der Waals surface area contributed by atoms with Gasteiger partial charge in [0.15, 0.2) is 6.61 Å². The van der Waals surface area contributed by atoms with E-state index >= 15 is 0 Å². The number of carbonyl (C=O) groups is 1. The predicted molar refractivity (Wildman–Crippen MR) is 138 cm³/mol. The Morgan fingerprint density at radius 2 is 1.74 bits per heavy atom. The van der Waals surface area contributed by atoms with E-state index in [0.717, 1.165) is 43.2 Å². The fraction of sp³-hybridized carbons (Fsp3) is 0.321. The van der Waals surface area contributed by atoms with E-state index in [9.17, 15) is 4.79 Å². The number of anilines is 1. The number of aryl methyl sites for hydroxylation is 1. The third-order valence-corrected chi connectivity index (χ3v) is 7.55. The fourth-order valence-corrected chi connectivity index (χ4v) is 5.56. The second-order valence-electron chi connectivity index (χ2n) is 9.43. The lowest BCUT2D eigenvalue weighted by Gasteiger charge is -2.40. The summed E-state index contributed by atoms with van der Waals surface area (Å²) in [4.78, 5) is 17.7. The van der Waals surface area contributed by atoms with Gasteiger partial charge in [0.05, 0.1) is 0 Å². The van der Waals surface area contributed by atoms with Gasteiger partial charge in [-0.3, -0.25) is 9.69 Å². The maximum atomic E-state index is 13.2. The van der Waals surface area contributed by atoms with Crippen LogP contribution in [0.2, 0.25) is 10.0 Å². The second kappa shape index (κ2) is 9.61. The molecule has 3 aromatic carbocycles. The molecule has 0 atom stereocenters. The van der Waals surface area contributed by atoms with Gasteiger partial charge in [0.2, 0.25) is 0 Å². The lowest BCUT2D eigenvalue weighted by atomic mass is 9.74. The Kier molecular flexibility index (Phi) is 6.57. The minimum Gasteiger partial charge on any atom is -0.484 e. The summed E-state index contributed by atoms with van der Waals surface area (Å²) in [6.45, 7) is 5.71. The van der Waals surface area contributed by atoms with Crippen molar-refractivity contribution in [3.63, 3.8) is 0 Å². The standard InChI is InChI=1S/C28H28Cl2N2O2/c1-20-5-10-26-25(15-20)28(11-13-31(14-12-28)17-21-3-2-4-23(30)16-21)19-32(26)27(33)18-34-24-8-6-22(29)7-9-24/h2-10,15-16H,11-14,17-19H2,1H3. The van der Waals surface area contributed by atoms with Crippen LogP contribution in [-0.4, -0.2) is 37.0 Å². The maximum Gasteiger partial charge on any atom is 0.264 e. The highest BCUT2D eigenvalue weighted by atomic mass is 35.5. The summed E-state index contributed by atoms with van der Waals surface area (Å²) >= 11 is 12.1. The highest BCUT2D eigenvalue weighted by molar-refractivity contribution is 6.30. The number of nitrogens with zero attached hydrogens (tertiary/aromatic N) is 2. The fourth-order valence-electron chi connectivity index (χ4n) is 5.22. The van der Waals surface area contributed by atoms with Crippen LogP contribution in [0.4, 0.5) is 5.69 Å². The molecule has 2 heterocycles. The van der Waals surface area contributed by atoms with E-state index in [4.69, 9.17) is 27.9 Å². The van der Waals surface area contributed by atoms with Gasteiger partial charge in [-0.15, -0.1) is 0 Å². The number of carbonyl (C=O) groups excluding carboxylic acids is 1. The third-order valence-electron chi connectivity index (χ3n) is 7.06. The highest BCUT2D eigenvalue weighted by Crippen LogP contribution is 2.47. The van der Waals surface area contributed by atoms with Gasteiger partial charge < -0.3 is 9.64 Å². The van der Waals surface area contributed by atoms with Crippen molar-refractivity contribution in [2.24, 2.45) is 0 Å². The number of rotatable bonds is 5. The number of likely N-dealkylation sites (tertiary alicyclic amines) is 1. The molecule has 3 aromatic rings. The van der Waals surface area contributed by atoms with Crippen molar-refractivity contribution >= 4 is 34.8 Å². The number of hydrogen-bond donors (Lipinski definition) is 0. The molecule has 0 N–H and O–H groups in total. The molecule has 2 aliphatic heterocycles. The number of ether oxygens (including phenoxy) is 1. The van der Waals surface area contributed by atoms with Crippen LogP contribution in [0, 0.1) is 6.92 Å². The van der Waals surface area contributed by atoms with Gasteiger partial charge in [0.1, 0.15) is 5.75 Å². The Balaban J connectivity index is 1.29. The lowest BCUT2D eigenvalue weighted by molar-refractivity contribution is -0.120. The molecular weight excluding hydrogens is 467 g/mol. The number of amides is 1. The van der Waals surface area contributed by atoms with Gasteiger partial charge >= 0.3 is 0 Å². The Hall–Kier alpha value is -2.53. The topological polar surface area (TPSA) is 32.8 Å². The Morgan fingerprint density at radius 1 is 0.971 bits per heavy atom. The number of fused-ring (bicyclic) bond motifs is 2. The SMILES string of the molecule is Cc1ccc2c(c1)C1(CCN(Cc3cccc(Cl)c3)CC1)CN2C(=O)COc1ccc(Cl)cc1. The van der Waals surface area contributed by atoms with E-state index in [0.29, 0.717) is 17.3 Å². The largest absolute Gasteiger partial charge is 0.484 e. The molecule has 34 heavy (non-hydrogen) atoms. The van der Waals surface area contributed by atoms with Gasteiger partial charge in [0, 0.05) is 34.2 Å². The Morgan fingerprint density at radius 3 is 2.47 bits per heavy atom. The second-order valence-corrected chi connectivity index (χ2v) is 10.3. The zero-order chi connectivity index (χ0) is 23.7. The first-order valence-corrected chi connectivity index (χ1v) is 12.4. The highest BCUT2D eigenvalue weighted by Gasteiger charge is 2.46. The third kappa shape index (κ3) is 4.81. The summed E-state index contributed by atoms with van der Waals surface area (Å²) in [5.74, 6) is 0.628. The lowest BCUT2D eigenvalue weighted by Crippen LogP contribution is -2.46. The van der Waals surface area contributed by atoms with Crippen LogP contribution >= 0.6 is 23.2 Å².